The van der Waals surface area contributed by atoms with Crippen LogP contribution in [0.1, 0.15) is 32.4 Å². The summed E-state index contributed by atoms with van der Waals surface area (Å²) in [6.45, 7) is 5.20. The van der Waals surface area contributed by atoms with Crippen molar-refractivity contribution in [1.82, 2.24) is 5.32 Å². The van der Waals surface area contributed by atoms with E-state index in [0.29, 0.717) is 6.04 Å². The fourth-order valence-corrected chi connectivity index (χ4v) is 1.60. The second-order valence-corrected chi connectivity index (χ2v) is 4.06. The molecule has 13 heavy (non-hydrogen) atoms. The molecule has 0 aliphatic carbocycles. The van der Waals surface area contributed by atoms with Crippen LogP contribution >= 0.6 is 15.9 Å². The van der Waals surface area contributed by atoms with E-state index < -0.39 is 0 Å². The molecule has 0 aliphatic heterocycles. The molecule has 1 atom stereocenters. The topological polar surface area (TPSA) is 25.2 Å². The number of halogens is 1. The molecule has 0 fully saturated rings. The van der Waals surface area contributed by atoms with Gasteiger partial charge in [0.15, 0.2) is 4.67 Å². The molecule has 1 unspecified atom stereocenters. The molecule has 1 rings (SSSR count). The van der Waals surface area contributed by atoms with Crippen molar-refractivity contribution >= 4 is 15.9 Å². The van der Waals surface area contributed by atoms with E-state index in [-0.39, 0.29) is 0 Å². The van der Waals surface area contributed by atoms with Crippen LogP contribution in [-0.4, -0.2) is 6.04 Å². The van der Waals surface area contributed by atoms with E-state index in [1.54, 1.807) is 0 Å². The molecule has 1 N–H and O–H groups in total. The number of furan rings is 1. The van der Waals surface area contributed by atoms with Gasteiger partial charge in [-0.3, -0.25) is 0 Å². The standard InChI is InChI=1S/C10H16BrNO/c1-3-4-8(2)12-7-9-5-6-10(11)13-9/h5-6,8,12H,3-4,7H2,1-2H3. The van der Waals surface area contributed by atoms with Crippen LogP contribution in [0.5, 0.6) is 0 Å². The van der Waals surface area contributed by atoms with Gasteiger partial charge in [-0.1, -0.05) is 13.3 Å². The van der Waals surface area contributed by atoms with Gasteiger partial charge in [-0.2, -0.15) is 0 Å². The Kier molecular flexibility index (Phi) is 4.53. The van der Waals surface area contributed by atoms with E-state index in [1.165, 1.54) is 12.8 Å². The quantitative estimate of drug-likeness (QED) is 0.862. The Morgan fingerprint density at radius 3 is 2.85 bits per heavy atom. The van der Waals surface area contributed by atoms with Crippen molar-refractivity contribution in [2.24, 2.45) is 0 Å². The molecular formula is C10H16BrNO. The van der Waals surface area contributed by atoms with Crippen LogP contribution in [0.2, 0.25) is 0 Å². The van der Waals surface area contributed by atoms with Crippen LogP contribution in [0.15, 0.2) is 21.2 Å². The summed E-state index contributed by atoms with van der Waals surface area (Å²) < 4.78 is 6.16. The molecule has 0 saturated heterocycles. The Morgan fingerprint density at radius 2 is 2.31 bits per heavy atom. The normalized spacial score (nSPS) is 13.2. The molecule has 1 heterocycles. The number of nitrogens with one attached hydrogen (secondary N) is 1. The summed E-state index contributed by atoms with van der Waals surface area (Å²) in [5, 5.41) is 3.40. The zero-order valence-electron chi connectivity index (χ0n) is 8.14. The fraction of sp³-hybridized carbons (Fsp3) is 0.600. The highest BCUT2D eigenvalue weighted by atomic mass is 79.9. The molecule has 0 aromatic carbocycles. The highest BCUT2D eigenvalue weighted by molar-refractivity contribution is 9.10. The maximum atomic E-state index is 5.37. The largest absolute Gasteiger partial charge is 0.453 e. The third-order valence-electron chi connectivity index (χ3n) is 1.98. The first-order valence-corrected chi connectivity index (χ1v) is 5.49. The van der Waals surface area contributed by atoms with Crippen molar-refractivity contribution in [3.63, 3.8) is 0 Å². The smallest absolute Gasteiger partial charge is 0.169 e. The Labute approximate surface area is 87.8 Å². The van der Waals surface area contributed by atoms with Crippen molar-refractivity contribution in [3.8, 4) is 0 Å². The Balaban J connectivity index is 2.26. The first kappa shape index (κ1) is 10.8. The summed E-state index contributed by atoms with van der Waals surface area (Å²) in [6.07, 6.45) is 2.43. The number of rotatable bonds is 5. The Hall–Kier alpha value is -0.280. The van der Waals surface area contributed by atoms with Crippen molar-refractivity contribution in [2.45, 2.75) is 39.3 Å². The van der Waals surface area contributed by atoms with Gasteiger partial charge in [0.1, 0.15) is 5.76 Å². The Morgan fingerprint density at radius 1 is 1.54 bits per heavy atom. The van der Waals surface area contributed by atoms with Gasteiger partial charge in [0.2, 0.25) is 0 Å². The number of hydrogen-bond acceptors (Lipinski definition) is 2. The molecule has 2 nitrogen and oxygen atoms in total. The summed E-state index contributed by atoms with van der Waals surface area (Å²) in [7, 11) is 0. The second-order valence-electron chi connectivity index (χ2n) is 3.28. The molecule has 0 bridgehead atoms. The first-order chi connectivity index (χ1) is 6.22. The van der Waals surface area contributed by atoms with Gasteiger partial charge in [0, 0.05) is 6.04 Å². The summed E-state index contributed by atoms with van der Waals surface area (Å²) in [5.41, 5.74) is 0. The lowest BCUT2D eigenvalue weighted by atomic mass is 10.2. The molecule has 1 aromatic rings. The summed E-state index contributed by atoms with van der Waals surface area (Å²) in [6, 6.07) is 4.46. The lowest BCUT2D eigenvalue weighted by Gasteiger charge is -2.10. The van der Waals surface area contributed by atoms with Gasteiger partial charge in [-0.15, -0.1) is 0 Å². The fourth-order valence-electron chi connectivity index (χ4n) is 1.26. The molecule has 0 spiro atoms. The van der Waals surface area contributed by atoms with Crippen LogP contribution in [0.3, 0.4) is 0 Å². The minimum absolute atomic E-state index is 0.564. The maximum Gasteiger partial charge on any atom is 0.169 e. The predicted molar refractivity (Wildman–Crippen MR) is 57.6 cm³/mol. The van der Waals surface area contributed by atoms with E-state index >= 15 is 0 Å². The predicted octanol–water partition coefficient (Wildman–Crippen LogP) is 3.32. The van der Waals surface area contributed by atoms with Crippen LogP contribution in [0, 0.1) is 0 Å². The zero-order valence-corrected chi connectivity index (χ0v) is 9.73. The Bertz CT molecular complexity index is 247. The van der Waals surface area contributed by atoms with Gasteiger partial charge in [0.25, 0.3) is 0 Å². The maximum absolute atomic E-state index is 5.37. The average Bonchev–Trinajstić information content (AvgIpc) is 2.49. The average molecular weight is 246 g/mol. The molecule has 74 valence electrons. The van der Waals surface area contributed by atoms with Crippen LogP contribution < -0.4 is 5.32 Å². The third-order valence-corrected chi connectivity index (χ3v) is 2.40. The van der Waals surface area contributed by atoms with Gasteiger partial charge < -0.3 is 9.73 Å². The molecule has 1 aromatic heterocycles. The highest BCUT2D eigenvalue weighted by Gasteiger charge is 2.02. The summed E-state index contributed by atoms with van der Waals surface area (Å²) >= 11 is 3.28. The summed E-state index contributed by atoms with van der Waals surface area (Å²) in [5.74, 6) is 0.981. The first-order valence-electron chi connectivity index (χ1n) is 4.70. The SMILES string of the molecule is CCCC(C)NCc1ccc(Br)o1. The third kappa shape index (κ3) is 3.96. The summed E-state index contributed by atoms with van der Waals surface area (Å²) in [4.78, 5) is 0. The minimum Gasteiger partial charge on any atom is -0.453 e. The van der Waals surface area contributed by atoms with E-state index in [1.807, 2.05) is 12.1 Å². The number of hydrogen-bond donors (Lipinski definition) is 1. The lowest BCUT2D eigenvalue weighted by molar-refractivity contribution is 0.431. The minimum atomic E-state index is 0.564. The molecule has 0 saturated carbocycles. The van der Waals surface area contributed by atoms with Crippen molar-refractivity contribution < 1.29 is 4.42 Å². The van der Waals surface area contributed by atoms with Gasteiger partial charge >= 0.3 is 0 Å². The van der Waals surface area contributed by atoms with E-state index in [0.717, 1.165) is 17.0 Å². The molecule has 3 heteroatoms. The molecular weight excluding hydrogens is 230 g/mol. The zero-order chi connectivity index (χ0) is 9.68. The van der Waals surface area contributed by atoms with Crippen molar-refractivity contribution in [3.05, 3.63) is 22.6 Å². The van der Waals surface area contributed by atoms with Crippen molar-refractivity contribution in [1.29, 1.82) is 0 Å². The van der Waals surface area contributed by atoms with E-state index in [4.69, 9.17) is 4.42 Å². The second kappa shape index (κ2) is 5.45. The molecule has 0 radical (unpaired) electrons. The van der Waals surface area contributed by atoms with Crippen LogP contribution in [0.25, 0.3) is 0 Å². The van der Waals surface area contributed by atoms with E-state index in [9.17, 15) is 0 Å². The molecule has 0 amide bonds. The highest BCUT2D eigenvalue weighted by Crippen LogP contribution is 2.13. The monoisotopic (exact) mass is 245 g/mol. The van der Waals surface area contributed by atoms with Crippen molar-refractivity contribution in [2.75, 3.05) is 0 Å². The molecule has 0 aliphatic rings. The van der Waals surface area contributed by atoms with Crippen LogP contribution in [-0.2, 0) is 6.54 Å². The van der Waals surface area contributed by atoms with Gasteiger partial charge in [-0.05, 0) is 41.4 Å². The van der Waals surface area contributed by atoms with Gasteiger partial charge in [-0.25, -0.2) is 0 Å². The van der Waals surface area contributed by atoms with Gasteiger partial charge in [0.05, 0.1) is 6.54 Å². The van der Waals surface area contributed by atoms with Crippen LogP contribution in [0.4, 0.5) is 0 Å². The lowest BCUT2D eigenvalue weighted by Crippen LogP contribution is -2.24. The van der Waals surface area contributed by atoms with E-state index in [2.05, 4.69) is 35.1 Å².